The average molecular weight is 463 g/mol. The molecule has 0 atom stereocenters. The predicted octanol–water partition coefficient (Wildman–Crippen LogP) is 4.70. The Morgan fingerprint density at radius 3 is 1.62 bits per heavy atom. The third kappa shape index (κ3) is 22.0. The van der Waals surface area contributed by atoms with E-state index in [2.05, 4.69) is 13.8 Å². The van der Waals surface area contributed by atoms with Crippen molar-refractivity contribution >= 4 is 11.9 Å². The lowest BCUT2D eigenvalue weighted by Crippen LogP contribution is -2.32. The number of aliphatic hydroxyl groups excluding tert-OH is 3. The highest BCUT2D eigenvalue weighted by Gasteiger charge is 2.24. The van der Waals surface area contributed by atoms with E-state index in [-0.39, 0.29) is 32.2 Å². The SMILES string of the molecule is CC(C)CCCCCCCCCCOC(=O)CCCCC(=O)O.CCC(CO)(CO)CO. The second kappa shape index (κ2) is 23.0. The van der Waals surface area contributed by atoms with E-state index >= 15 is 0 Å². The van der Waals surface area contributed by atoms with Crippen LogP contribution in [-0.4, -0.2) is 58.8 Å². The Bertz CT molecular complexity index is 416. The zero-order valence-electron chi connectivity index (χ0n) is 20.8. The van der Waals surface area contributed by atoms with Gasteiger partial charge in [0.2, 0.25) is 0 Å². The van der Waals surface area contributed by atoms with E-state index in [9.17, 15) is 9.59 Å². The topological polar surface area (TPSA) is 124 Å². The molecular formula is C25H50O7. The number of aliphatic carboxylic acids is 1. The van der Waals surface area contributed by atoms with Gasteiger partial charge in [0.1, 0.15) is 0 Å². The molecule has 0 spiro atoms. The van der Waals surface area contributed by atoms with Crippen LogP contribution in [0, 0.1) is 11.3 Å². The first-order chi connectivity index (χ1) is 15.3. The maximum Gasteiger partial charge on any atom is 0.305 e. The van der Waals surface area contributed by atoms with Gasteiger partial charge in [-0.1, -0.05) is 72.1 Å². The number of hydrogen-bond acceptors (Lipinski definition) is 6. The number of ether oxygens (including phenoxy) is 1. The van der Waals surface area contributed by atoms with Crippen molar-refractivity contribution in [3.8, 4) is 0 Å². The Kier molecular flexibility index (Phi) is 23.7. The summed E-state index contributed by atoms with van der Waals surface area (Å²) < 4.78 is 5.14. The highest BCUT2D eigenvalue weighted by atomic mass is 16.5. The summed E-state index contributed by atoms with van der Waals surface area (Å²) >= 11 is 0. The molecule has 0 aliphatic heterocycles. The van der Waals surface area contributed by atoms with Crippen molar-refractivity contribution in [1.82, 2.24) is 0 Å². The summed E-state index contributed by atoms with van der Waals surface area (Å²) in [6, 6.07) is 0. The van der Waals surface area contributed by atoms with E-state index < -0.39 is 11.4 Å². The molecule has 0 amide bonds. The molecule has 0 aromatic heterocycles. The summed E-state index contributed by atoms with van der Waals surface area (Å²) in [5, 5.41) is 34.5. The highest BCUT2D eigenvalue weighted by Crippen LogP contribution is 2.18. The van der Waals surface area contributed by atoms with Crippen molar-refractivity contribution in [3.63, 3.8) is 0 Å². The fraction of sp³-hybridized carbons (Fsp3) is 0.920. The number of carbonyl (C=O) groups excluding carboxylic acids is 1. The van der Waals surface area contributed by atoms with Gasteiger partial charge in [-0.2, -0.15) is 0 Å². The number of unbranched alkanes of at least 4 members (excludes halogenated alkanes) is 8. The number of esters is 1. The normalized spacial score (nSPS) is 11.2. The van der Waals surface area contributed by atoms with Crippen LogP contribution in [0.2, 0.25) is 0 Å². The fourth-order valence-electron chi connectivity index (χ4n) is 3.00. The Hall–Kier alpha value is -1.18. The lowest BCUT2D eigenvalue weighted by atomic mass is 9.88. The molecule has 0 unspecified atom stereocenters. The van der Waals surface area contributed by atoms with E-state index in [0.29, 0.717) is 32.3 Å². The van der Waals surface area contributed by atoms with Gasteiger partial charge in [-0.25, -0.2) is 0 Å². The molecule has 0 heterocycles. The minimum atomic E-state index is -0.807. The van der Waals surface area contributed by atoms with Crippen LogP contribution in [0.25, 0.3) is 0 Å². The lowest BCUT2D eigenvalue weighted by molar-refractivity contribution is -0.144. The van der Waals surface area contributed by atoms with Crippen LogP contribution in [0.5, 0.6) is 0 Å². The van der Waals surface area contributed by atoms with Crippen molar-refractivity contribution in [1.29, 1.82) is 0 Å². The summed E-state index contributed by atoms with van der Waals surface area (Å²) in [5.74, 6) is -0.172. The Balaban J connectivity index is 0. The van der Waals surface area contributed by atoms with Gasteiger partial charge in [0.15, 0.2) is 0 Å². The van der Waals surface area contributed by atoms with Crippen molar-refractivity contribution in [2.45, 2.75) is 111 Å². The molecule has 0 bridgehead atoms. The van der Waals surface area contributed by atoms with Crippen LogP contribution in [0.15, 0.2) is 0 Å². The third-order valence-corrected chi connectivity index (χ3v) is 5.72. The number of rotatable bonds is 20. The van der Waals surface area contributed by atoms with Crippen molar-refractivity contribution in [3.05, 3.63) is 0 Å². The molecule has 7 nitrogen and oxygen atoms in total. The number of carboxylic acid groups (broad SMARTS) is 1. The van der Waals surface area contributed by atoms with Gasteiger partial charge < -0.3 is 25.2 Å². The summed E-state index contributed by atoms with van der Waals surface area (Å²) in [5.41, 5.74) is -0.667. The molecule has 0 aliphatic rings. The quantitative estimate of drug-likeness (QED) is 0.153. The molecule has 0 aromatic rings. The lowest BCUT2D eigenvalue weighted by Gasteiger charge is -2.24. The van der Waals surface area contributed by atoms with E-state index in [1.54, 1.807) is 0 Å². The molecule has 0 rings (SSSR count). The summed E-state index contributed by atoms with van der Waals surface area (Å²) in [4.78, 5) is 21.7. The van der Waals surface area contributed by atoms with Crippen LogP contribution in [-0.2, 0) is 14.3 Å². The number of carbonyl (C=O) groups is 2. The van der Waals surface area contributed by atoms with Gasteiger partial charge in [-0.15, -0.1) is 0 Å². The molecule has 0 saturated carbocycles. The van der Waals surface area contributed by atoms with Crippen LogP contribution in [0.1, 0.15) is 111 Å². The first-order valence-corrected chi connectivity index (χ1v) is 12.5. The summed E-state index contributed by atoms with van der Waals surface area (Å²) in [6.07, 6.45) is 13.5. The highest BCUT2D eigenvalue weighted by molar-refractivity contribution is 5.69. The largest absolute Gasteiger partial charge is 0.481 e. The van der Waals surface area contributed by atoms with Gasteiger partial charge in [0.05, 0.1) is 26.4 Å². The predicted molar refractivity (Wildman–Crippen MR) is 127 cm³/mol. The molecule has 32 heavy (non-hydrogen) atoms. The maximum atomic E-state index is 11.4. The fourth-order valence-corrected chi connectivity index (χ4v) is 3.00. The van der Waals surface area contributed by atoms with Gasteiger partial charge in [-0.05, 0) is 31.6 Å². The second-order valence-electron chi connectivity index (χ2n) is 9.16. The zero-order valence-corrected chi connectivity index (χ0v) is 20.8. The number of aliphatic hydroxyl groups is 3. The number of carboxylic acids is 1. The van der Waals surface area contributed by atoms with E-state index in [4.69, 9.17) is 25.2 Å². The van der Waals surface area contributed by atoms with Gasteiger partial charge in [0.25, 0.3) is 0 Å². The minimum absolute atomic E-state index is 0.130. The van der Waals surface area contributed by atoms with Gasteiger partial charge in [0, 0.05) is 18.3 Å². The van der Waals surface area contributed by atoms with Gasteiger partial charge >= 0.3 is 11.9 Å². The molecule has 0 aliphatic carbocycles. The smallest absolute Gasteiger partial charge is 0.305 e. The van der Waals surface area contributed by atoms with Crippen LogP contribution >= 0.6 is 0 Å². The molecule has 7 heteroatoms. The molecule has 192 valence electrons. The molecule has 0 radical (unpaired) electrons. The second-order valence-corrected chi connectivity index (χ2v) is 9.16. The molecular weight excluding hydrogens is 412 g/mol. The molecule has 4 N–H and O–H groups in total. The summed E-state index contributed by atoms with van der Waals surface area (Å²) in [7, 11) is 0. The Morgan fingerprint density at radius 2 is 1.22 bits per heavy atom. The first-order valence-electron chi connectivity index (χ1n) is 12.5. The van der Waals surface area contributed by atoms with Crippen molar-refractivity contribution in [2.24, 2.45) is 11.3 Å². The molecule has 0 fully saturated rings. The third-order valence-electron chi connectivity index (χ3n) is 5.72. The van der Waals surface area contributed by atoms with Crippen LogP contribution in [0.4, 0.5) is 0 Å². The van der Waals surface area contributed by atoms with Crippen molar-refractivity contribution < 1.29 is 34.8 Å². The van der Waals surface area contributed by atoms with Gasteiger partial charge in [-0.3, -0.25) is 9.59 Å². The standard InChI is InChI=1S/C19H36O4.C6H14O3/c1-17(2)13-9-7-5-3-4-6-8-12-16-23-19(22)15-11-10-14-18(20)21;1-2-6(3-7,4-8)5-9/h17H,3-16H2,1-2H3,(H,20,21);7-9H,2-5H2,1H3. The molecule has 0 saturated heterocycles. The average Bonchev–Trinajstić information content (AvgIpc) is 2.77. The Morgan fingerprint density at radius 1 is 0.750 bits per heavy atom. The first kappa shape index (κ1) is 33.0. The molecule has 0 aromatic carbocycles. The monoisotopic (exact) mass is 462 g/mol. The van der Waals surface area contributed by atoms with E-state index in [1.165, 1.54) is 44.9 Å². The van der Waals surface area contributed by atoms with Crippen LogP contribution < -0.4 is 0 Å². The van der Waals surface area contributed by atoms with E-state index in [0.717, 1.165) is 18.8 Å². The number of hydrogen-bond donors (Lipinski definition) is 4. The van der Waals surface area contributed by atoms with Crippen molar-refractivity contribution in [2.75, 3.05) is 26.4 Å². The maximum absolute atomic E-state index is 11.4. The Labute approximate surface area is 195 Å². The minimum Gasteiger partial charge on any atom is -0.481 e. The van der Waals surface area contributed by atoms with E-state index in [1.807, 2.05) is 6.92 Å². The van der Waals surface area contributed by atoms with Crippen LogP contribution in [0.3, 0.4) is 0 Å². The summed E-state index contributed by atoms with van der Waals surface area (Å²) in [6.45, 7) is 6.42. The zero-order chi connectivity index (χ0) is 24.7.